The van der Waals surface area contributed by atoms with Crippen LogP contribution in [0.25, 0.3) is 17.0 Å². The van der Waals surface area contributed by atoms with Gasteiger partial charge in [0.15, 0.2) is 6.61 Å². The van der Waals surface area contributed by atoms with E-state index in [0.717, 1.165) is 16.5 Å². The first kappa shape index (κ1) is 15.8. The van der Waals surface area contributed by atoms with Crippen molar-refractivity contribution in [3.05, 3.63) is 66.4 Å². The second-order valence-electron chi connectivity index (χ2n) is 5.79. The maximum atomic E-state index is 12.2. The van der Waals surface area contributed by atoms with Crippen molar-refractivity contribution in [3.63, 3.8) is 0 Å². The Balaban J connectivity index is 1.51. The van der Waals surface area contributed by atoms with Crippen LogP contribution in [0, 0.1) is 0 Å². The molecule has 0 saturated carbocycles. The summed E-state index contributed by atoms with van der Waals surface area (Å²) in [5, 5.41) is 6.50. The summed E-state index contributed by atoms with van der Waals surface area (Å²) in [6.07, 6.45) is 4.91. The van der Waals surface area contributed by atoms with Crippen molar-refractivity contribution in [2.75, 3.05) is 17.2 Å². The van der Waals surface area contributed by atoms with Gasteiger partial charge >= 0.3 is 0 Å². The first-order valence-corrected chi connectivity index (χ1v) is 8.08. The minimum absolute atomic E-state index is 0.000507. The minimum atomic E-state index is -0.277. The number of amides is 2. The van der Waals surface area contributed by atoms with Crippen LogP contribution in [0.2, 0.25) is 0 Å². The largest absolute Gasteiger partial charge is 0.482 e. The summed E-state index contributed by atoms with van der Waals surface area (Å²) >= 11 is 0. The normalized spacial score (nSPS) is 13.2. The highest BCUT2D eigenvalue weighted by atomic mass is 16.5. The van der Waals surface area contributed by atoms with Crippen molar-refractivity contribution < 1.29 is 14.3 Å². The standard InChI is InChI=1S/C20H15N3O3/c24-18(9-6-14-4-1-3-13-5-2-10-21-20(13)14)22-15-7-8-17-16(11-15)23-19(25)12-26-17/h1-11H,12H2,(H,22,24)(H,23,25)/b9-6+. The third kappa shape index (κ3) is 3.25. The lowest BCUT2D eigenvalue weighted by Gasteiger charge is -2.18. The van der Waals surface area contributed by atoms with Crippen LogP contribution in [0.5, 0.6) is 5.75 Å². The molecule has 0 atom stereocenters. The SMILES string of the molecule is O=C(/C=C/c1cccc2cccnc12)Nc1ccc2c(c1)NC(=O)CO2. The topological polar surface area (TPSA) is 80.3 Å². The summed E-state index contributed by atoms with van der Waals surface area (Å²) in [6.45, 7) is 0.000507. The number of benzene rings is 2. The van der Waals surface area contributed by atoms with Gasteiger partial charge in [0.05, 0.1) is 11.2 Å². The second kappa shape index (κ2) is 6.68. The van der Waals surface area contributed by atoms with Crippen LogP contribution in [0.15, 0.2) is 60.8 Å². The van der Waals surface area contributed by atoms with Crippen LogP contribution in [0.4, 0.5) is 11.4 Å². The van der Waals surface area contributed by atoms with Crippen LogP contribution in [0.3, 0.4) is 0 Å². The number of nitrogens with one attached hydrogen (secondary N) is 2. The monoisotopic (exact) mass is 345 g/mol. The zero-order valence-electron chi connectivity index (χ0n) is 13.7. The number of hydrogen-bond donors (Lipinski definition) is 2. The van der Waals surface area contributed by atoms with E-state index in [2.05, 4.69) is 15.6 Å². The van der Waals surface area contributed by atoms with E-state index in [0.29, 0.717) is 17.1 Å². The Morgan fingerprint density at radius 3 is 3.00 bits per heavy atom. The zero-order chi connectivity index (χ0) is 17.9. The highest BCUT2D eigenvalue weighted by molar-refractivity contribution is 6.04. The molecule has 0 aliphatic carbocycles. The van der Waals surface area contributed by atoms with Gasteiger partial charge in [-0.3, -0.25) is 14.6 Å². The summed E-state index contributed by atoms with van der Waals surface area (Å²) < 4.78 is 5.30. The van der Waals surface area contributed by atoms with E-state index < -0.39 is 0 Å². The molecule has 3 aromatic rings. The zero-order valence-corrected chi connectivity index (χ0v) is 13.7. The minimum Gasteiger partial charge on any atom is -0.482 e. The smallest absolute Gasteiger partial charge is 0.262 e. The molecule has 2 amide bonds. The van der Waals surface area contributed by atoms with Crippen molar-refractivity contribution in [3.8, 4) is 5.75 Å². The van der Waals surface area contributed by atoms with Crippen LogP contribution in [-0.4, -0.2) is 23.4 Å². The summed E-state index contributed by atoms with van der Waals surface area (Å²) in [7, 11) is 0. The van der Waals surface area contributed by atoms with Gasteiger partial charge in [0.25, 0.3) is 5.91 Å². The lowest BCUT2D eigenvalue weighted by Crippen LogP contribution is -2.25. The quantitative estimate of drug-likeness (QED) is 0.714. The number of hydrogen-bond acceptors (Lipinski definition) is 4. The lowest BCUT2D eigenvalue weighted by molar-refractivity contribution is -0.118. The highest BCUT2D eigenvalue weighted by Crippen LogP contribution is 2.30. The van der Waals surface area contributed by atoms with Gasteiger partial charge in [0.2, 0.25) is 5.91 Å². The van der Waals surface area contributed by atoms with Gasteiger partial charge in [-0.25, -0.2) is 0 Å². The molecule has 1 aliphatic rings. The maximum absolute atomic E-state index is 12.2. The van der Waals surface area contributed by atoms with E-state index in [4.69, 9.17) is 4.74 Å². The van der Waals surface area contributed by atoms with Gasteiger partial charge in [-0.05, 0) is 30.3 Å². The van der Waals surface area contributed by atoms with E-state index >= 15 is 0 Å². The molecule has 0 radical (unpaired) electrons. The fourth-order valence-electron chi connectivity index (χ4n) is 2.77. The number of carbonyl (C=O) groups excluding carboxylic acids is 2. The molecule has 0 spiro atoms. The van der Waals surface area contributed by atoms with E-state index in [1.165, 1.54) is 6.08 Å². The van der Waals surface area contributed by atoms with Gasteiger partial charge in [-0.15, -0.1) is 0 Å². The van der Waals surface area contributed by atoms with Gasteiger partial charge in [0, 0.05) is 28.9 Å². The van der Waals surface area contributed by atoms with Crippen molar-refractivity contribution in [2.45, 2.75) is 0 Å². The third-order valence-corrected chi connectivity index (χ3v) is 3.96. The van der Waals surface area contributed by atoms with Crippen molar-refractivity contribution in [1.82, 2.24) is 4.98 Å². The molecule has 6 heteroatoms. The molecule has 4 rings (SSSR count). The number of nitrogens with zero attached hydrogens (tertiary/aromatic N) is 1. The van der Waals surface area contributed by atoms with Crippen molar-refractivity contribution >= 4 is 40.2 Å². The first-order chi connectivity index (χ1) is 12.7. The van der Waals surface area contributed by atoms with Crippen LogP contribution in [-0.2, 0) is 9.59 Å². The molecular formula is C20H15N3O3. The Kier molecular flexibility index (Phi) is 4.07. The molecule has 128 valence electrons. The van der Waals surface area contributed by atoms with Gasteiger partial charge < -0.3 is 15.4 Å². The number of anilines is 2. The number of pyridine rings is 1. The molecule has 6 nitrogen and oxygen atoms in total. The molecule has 2 aromatic carbocycles. The Morgan fingerprint density at radius 1 is 1.19 bits per heavy atom. The molecule has 1 aliphatic heterocycles. The molecule has 2 heterocycles. The first-order valence-electron chi connectivity index (χ1n) is 8.08. The number of ether oxygens (including phenoxy) is 1. The number of carbonyl (C=O) groups is 2. The average molecular weight is 345 g/mol. The van der Waals surface area contributed by atoms with E-state index in [1.807, 2.05) is 30.3 Å². The van der Waals surface area contributed by atoms with Crippen molar-refractivity contribution in [2.24, 2.45) is 0 Å². The Labute approximate surface area is 149 Å². The van der Waals surface area contributed by atoms with E-state index in [1.54, 1.807) is 30.5 Å². The third-order valence-electron chi connectivity index (χ3n) is 3.96. The average Bonchev–Trinajstić information content (AvgIpc) is 2.66. The predicted octanol–water partition coefficient (Wildman–Crippen LogP) is 3.22. The summed E-state index contributed by atoms with van der Waals surface area (Å²) in [4.78, 5) is 28.0. The van der Waals surface area contributed by atoms with E-state index in [-0.39, 0.29) is 18.4 Å². The number of aromatic nitrogens is 1. The summed E-state index contributed by atoms with van der Waals surface area (Å²) in [5.41, 5.74) is 2.82. The molecule has 1 aromatic heterocycles. The van der Waals surface area contributed by atoms with Crippen LogP contribution >= 0.6 is 0 Å². The van der Waals surface area contributed by atoms with Gasteiger partial charge in [0.1, 0.15) is 5.75 Å². The van der Waals surface area contributed by atoms with Crippen LogP contribution < -0.4 is 15.4 Å². The number of rotatable bonds is 3. The molecule has 0 saturated heterocycles. The molecule has 2 N–H and O–H groups in total. The molecule has 26 heavy (non-hydrogen) atoms. The predicted molar refractivity (Wildman–Crippen MR) is 100.0 cm³/mol. The Morgan fingerprint density at radius 2 is 2.08 bits per heavy atom. The molecular weight excluding hydrogens is 330 g/mol. The maximum Gasteiger partial charge on any atom is 0.262 e. The van der Waals surface area contributed by atoms with Gasteiger partial charge in [-0.1, -0.05) is 24.3 Å². The van der Waals surface area contributed by atoms with Gasteiger partial charge in [-0.2, -0.15) is 0 Å². The fourth-order valence-corrected chi connectivity index (χ4v) is 2.77. The summed E-state index contributed by atoms with van der Waals surface area (Å²) in [5.74, 6) is 0.0882. The Bertz CT molecular complexity index is 1040. The Hall–Kier alpha value is -3.67. The fraction of sp³-hybridized carbons (Fsp3) is 0.0500. The van der Waals surface area contributed by atoms with E-state index in [9.17, 15) is 9.59 Å². The number of fused-ring (bicyclic) bond motifs is 2. The van der Waals surface area contributed by atoms with Crippen molar-refractivity contribution in [1.29, 1.82) is 0 Å². The molecule has 0 bridgehead atoms. The molecule has 0 fully saturated rings. The highest BCUT2D eigenvalue weighted by Gasteiger charge is 2.16. The lowest BCUT2D eigenvalue weighted by atomic mass is 10.1. The second-order valence-corrected chi connectivity index (χ2v) is 5.79. The summed E-state index contributed by atoms with van der Waals surface area (Å²) in [6, 6.07) is 14.8. The molecule has 0 unspecified atom stereocenters. The number of para-hydroxylation sites is 1. The van der Waals surface area contributed by atoms with Crippen LogP contribution in [0.1, 0.15) is 5.56 Å².